The fraction of sp³-hybridized carbons (Fsp3) is 0.625. The van der Waals surface area contributed by atoms with Crippen molar-refractivity contribution >= 4 is 5.69 Å². The lowest BCUT2D eigenvalue weighted by Gasteiger charge is -2.53. The molecule has 3 heteroatoms. The third-order valence-electron chi connectivity index (χ3n) is 4.03. The number of aryl methyl sites for hydroxylation is 1. The van der Waals surface area contributed by atoms with E-state index in [9.17, 15) is 5.11 Å². The van der Waals surface area contributed by atoms with Crippen LogP contribution in [0.1, 0.15) is 25.8 Å². The van der Waals surface area contributed by atoms with Gasteiger partial charge in [-0.05, 0) is 45.9 Å². The van der Waals surface area contributed by atoms with E-state index < -0.39 is 0 Å². The topological polar surface area (TPSA) is 26.7 Å². The molecule has 1 aromatic carbocycles. The first kappa shape index (κ1) is 14.4. The maximum absolute atomic E-state index is 9.36. The Hall–Kier alpha value is -1.06. The summed E-state index contributed by atoms with van der Waals surface area (Å²) in [5.74, 6) is 0. The minimum atomic E-state index is 0.0823. The molecule has 0 spiro atoms. The van der Waals surface area contributed by atoms with Gasteiger partial charge in [-0.25, -0.2) is 0 Å². The summed E-state index contributed by atoms with van der Waals surface area (Å²) in [6.07, 6.45) is 0.822. The first-order valence-electron chi connectivity index (χ1n) is 7.10. The number of aliphatic hydroxyl groups is 1. The van der Waals surface area contributed by atoms with Crippen LogP contribution in [0.2, 0.25) is 0 Å². The molecule has 1 N–H and O–H groups in total. The molecule has 1 heterocycles. The molecule has 106 valence electrons. The van der Waals surface area contributed by atoms with Crippen molar-refractivity contribution in [3.8, 4) is 0 Å². The third kappa shape index (κ3) is 2.93. The van der Waals surface area contributed by atoms with Crippen molar-refractivity contribution in [1.29, 1.82) is 0 Å². The van der Waals surface area contributed by atoms with Crippen LogP contribution < -0.4 is 4.90 Å². The van der Waals surface area contributed by atoms with Crippen molar-refractivity contribution < 1.29 is 5.11 Å². The smallest absolute Gasteiger partial charge is 0.0476 e. The zero-order valence-corrected chi connectivity index (χ0v) is 12.6. The van der Waals surface area contributed by atoms with Crippen molar-refractivity contribution in [3.63, 3.8) is 0 Å². The van der Waals surface area contributed by atoms with Crippen LogP contribution >= 0.6 is 0 Å². The molecule has 1 aromatic rings. The Labute approximate surface area is 116 Å². The van der Waals surface area contributed by atoms with Gasteiger partial charge in [-0.2, -0.15) is 0 Å². The standard InChI is InChI=1S/C16H26N2O/c1-13-7-5-6-8-15(13)18-14(9-10-19)11-17(4)12-16(18,2)3/h5-8,14,19H,9-12H2,1-4H3. The third-order valence-corrected chi connectivity index (χ3v) is 4.03. The fourth-order valence-electron chi connectivity index (χ4n) is 3.46. The Morgan fingerprint density at radius 1 is 1.32 bits per heavy atom. The largest absolute Gasteiger partial charge is 0.396 e. The molecule has 1 aliphatic rings. The zero-order valence-electron chi connectivity index (χ0n) is 12.6. The molecule has 1 unspecified atom stereocenters. The number of benzene rings is 1. The summed E-state index contributed by atoms with van der Waals surface area (Å²) in [5.41, 5.74) is 2.70. The van der Waals surface area contributed by atoms with Gasteiger partial charge in [-0.3, -0.25) is 0 Å². The Bertz CT molecular complexity index is 431. The van der Waals surface area contributed by atoms with Gasteiger partial charge in [0.25, 0.3) is 0 Å². The highest BCUT2D eigenvalue weighted by Crippen LogP contribution is 2.34. The van der Waals surface area contributed by atoms with E-state index in [-0.39, 0.29) is 12.1 Å². The second kappa shape index (κ2) is 5.51. The monoisotopic (exact) mass is 262 g/mol. The van der Waals surface area contributed by atoms with E-state index in [1.54, 1.807) is 0 Å². The number of para-hydroxylation sites is 1. The Balaban J connectivity index is 2.39. The molecule has 0 saturated carbocycles. The average molecular weight is 262 g/mol. The molecule has 1 saturated heterocycles. The highest BCUT2D eigenvalue weighted by Gasteiger charge is 2.38. The van der Waals surface area contributed by atoms with E-state index in [4.69, 9.17) is 0 Å². The molecular weight excluding hydrogens is 236 g/mol. The Morgan fingerprint density at radius 2 is 2.00 bits per heavy atom. The summed E-state index contributed by atoms with van der Waals surface area (Å²) in [6.45, 7) is 9.05. The number of anilines is 1. The highest BCUT2D eigenvalue weighted by molar-refractivity contribution is 5.56. The predicted octanol–water partition coefficient (Wildman–Crippen LogP) is 2.28. The molecule has 1 aliphatic heterocycles. The van der Waals surface area contributed by atoms with Gasteiger partial charge in [-0.15, -0.1) is 0 Å². The van der Waals surface area contributed by atoms with Crippen LogP contribution in [-0.2, 0) is 0 Å². The molecule has 0 amide bonds. The molecule has 3 nitrogen and oxygen atoms in total. The molecule has 0 radical (unpaired) electrons. The maximum atomic E-state index is 9.36. The van der Waals surface area contributed by atoms with Gasteiger partial charge in [0.05, 0.1) is 0 Å². The van der Waals surface area contributed by atoms with Crippen LogP contribution in [-0.4, -0.2) is 48.3 Å². The van der Waals surface area contributed by atoms with Gasteiger partial charge in [-0.1, -0.05) is 18.2 Å². The van der Waals surface area contributed by atoms with Crippen molar-refractivity contribution in [2.75, 3.05) is 31.6 Å². The van der Waals surface area contributed by atoms with Gasteiger partial charge in [0.15, 0.2) is 0 Å². The summed E-state index contributed by atoms with van der Waals surface area (Å²) in [6, 6.07) is 8.93. The lowest BCUT2D eigenvalue weighted by molar-refractivity contribution is 0.159. The summed E-state index contributed by atoms with van der Waals surface area (Å²) in [4.78, 5) is 4.88. The highest BCUT2D eigenvalue weighted by atomic mass is 16.3. The van der Waals surface area contributed by atoms with Crippen LogP contribution in [0.5, 0.6) is 0 Å². The summed E-state index contributed by atoms with van der Waals surface area (Å²) in [5, 5.41) is 9.36. The van der Waals surface area contributed by atoms with Crippen LogP contribution in [0.15, 0.2) is 24.3 Å². The van der Waals surface area contributed by atoms with E-state index >= 15 is 0 Å². The molecule has 0 aliphatic carbocycles. The van der Waals surface area contributed by atoms with Crippen LogP contribution in [0.3, 0.4) is 0 Å². The average Bonchev–Trinajstić information content (AvgIpc) is 2.29. The van der Waals surface area contributed by atoms with Gasteiger partial charge >= 0.3 is 0 Å². The normalized spacial score (nSPS) is 23.6. The van der Waals surface area contributed by atoms with Crippen molar-refractivity contribution in [2.45, 2.75) is 38.8 Å². The van der Waals surface area contributed by atoms with E-state index in [1.165, 1.54) is 11.3 Å². The molecule has 19 heavy (non-hydrogen) atoms. The number of likely N-dealkylation sites (N-methyl/N-ethyl adjacent to an activating group) is 1. The summed E-state index contributed by atoms with van der Waals surface area (Å²) < 4.78 is 0. The number of piperazine rings is 1. The van der Waals surface area contributed by atoms with E-state index in [0.29, 0.717) is 6.04 Å². The van der Waals surface area contributed by atoms with Gasteiger partial charge in [0, 0.05) is 37.0 Å². The first-order valence-corrected chi connectivity index (χ1v) is 7.10. The van der Waals surface area contributed by atoms with Crippen molar-refractivity contribution in [3.05, 3.63) is 29.8 Å². The van der Waals surface area contributed by atoms with Crippen LogP contribution in [0, 0.1) is 6.92 Å². The molecule has 1 fully saturated rings. The number of hydrogen-bond donors (Lipinski definition) is 1. The fourth-order valence-corrected chi connectivity index (χ4v) is 3.46. The maximum Gasteiger partial charge on any atom is 0.0476 e. The second-order valence-electron chi connectivity index (χ2n) is 6.33. The molecular formula is C16H26N2O. The lowest BCUT2D eigenvalue weighted by Crippen LogP contribution is -2.63. The Morgan fingerprint density at radius 3 is 2.63 bits per heavy atom. The summed E-state index contributed by atoms with van der Waals surface area (Å²) in [7, 11) is 2.17. The predicted molar refractivity (Wildman–Crippen MR) is 80.7 cm³/mol. The number of rotatable bonds is 3. The zero-order chi connectivity index (χ0) is 14.0. The Kier molecular flexibility index (Phi) is 4.16. The van der Waals surface area contributed by atoms with Gasteiger partial charge in [0.1, 0.15) is 0 Å². The molecule has 1 atom stereocenters. The van der Waals surface area contributed by atoms with E-state index in [1.807, 2.05) is 0 Å². The van der Waals surface area contributed by atoms with E-state index in [0.717, 1.165) is 19.5 Å². The lowest BCUT2D eigenvalue weighted by atomic mass is 9.92. The van der Waals surface area contributed by atoms with Crippen molar-refractivity contribution in [1.82, 2.24) is 4.90 Å². The van der Waals surface area contributed by atoms with Crippen LogP contribution in [0.4, 0.5) is 5.69 Å². The SMILES string of the molecule is Cc1ccccc1N1C(CCO)CN(C)CC1(C)C. The minimum absolute atomic E-state index is 0.0823. The van der Waals surface area contributed by atoms with E-state index in [2.05, 4.69) is 61.9 Å². The number of aliphatic hydroxyl groups excluding tert-OH is 1. The second-order valence-corrected chi connectivity index (χ2v) is 6.33. The number of nitrogens with zero attached hydrogens (tertiary/aromatic N) is 2. The van der Waals surface area contributed by atoms with Gasteiger partial charge in [0.2, 0.25) is 0 Å². The molecule has 0 bridgehead atoms. The van der Waals surface area contributed by atoms with Gasteiger partial charge < -0.3 is 14.9 Å². The van der Waals surface area contributed by atoms with Crippen molar-refractivity contribution in [2.24, 2.45) is 0 Å². The molecule has 0 aromatic heterocycles. The number of hydrogen-bond acceptors (Lipinski definition) is 3. The molecule has 2 rings (SSSR count). The van der Waals surface area contributed by atoms with Crippen LogP contribution in [0.25, 0.3) is 0 Å². The summed E-state index contributed by atoms with van der Waals surface area (Å²) >= 11 is 0. The minimum Gasteiger partial charge on any atom is -0.396 e. The first-order chi connectivity index (χ1) is 8.95. The quantitative estimate of drug-likeness (QED) is 0.905.